The number of benzene rings is 3. The van der Waals surface area contributed by atoms with Crippen LogP contribution in [0.15, 0.2) is 83.8 Å². The molecule has 0 fully saturated rings. The number of para-hydroxylation sites is 1. The predicted molar refractivity (Wildman–Crippen MR) is 149 cm³/mol. The maximum atomic E-state index is 15.1. The normalized spacial score (nSPS) is 11.8. The molecule has 0 bridgehead atoms. The Balaban J connectivity index is 1.42. The van der Waals surface area contributed by atoms with Crippen molar-refractivity contribution in [3.8, 4) is 22.9 Å². The quantitative estimate of drug-likeness (QED) is 0.284. The third kappa shape index (κ3) is 5.16. The third-order valence-electron chi connectivity index (χ3n) is 6.38. The number of fused-ring (bicyclic) bond motifs is 1. The van der Waals surface area contributed by atoms with E-state index in [-0.39, 0.29) is 23.5 Å². The predicted octanol–water partition coefficient (Wildman–Crippen LogP) is 5.07. The summed E-state index contributed by atoms with van der Waals surface area (Å²) >= 11 is 0. The third-order valence-corrected chi connectivity index (χ3v) is 6.38. The highest BCUT2D eigenvalue weighted by atomic mass is 19.1. The Bertz CT molecular complexity index is 1760. The maximum absolute atomic E-state index is 15.1. The summed E-state index contributed by atoms with van der Waals surface area (Å²) in [5, 5.41) is 13.3. The molecule has 1 amide bonds. The largest absolute Gasteiger partial charge is 0.497 e. The highest BCUT2D eigenvalue weighted by molar-refractivity contribution is 6.05. The van der Waals surface area contributed by atoms with Crippen LogP contribution in [-0.2, 0) is 6.54 Å². The molecule has 2 N–H and O–H groups in total. The first-order chi connectivity index (χ1) is 19.3. The van der Waals surface area contributed by atoms with Crippen LogP contribution in [-0.4, -0.2) is 38.6 Å². The highest BCUT2D eigenvalue weighted by Crippen LogP contribution is 2.33. The van der Waals surface area contributed by atoms with Gasteiger partial charge < -0.3 is 19.9 Å². The lowest BCUT2D eigenvalue weighted by atomic mass is 10.2. The number of amides is 1. The Kier molecular flexibility index (Phi) is 7.35. The van der Waals surface area contributed by atoms with Crippen molar-refractivity contribution in [2.24, 2.45) is 0 Å². The Labute approximate surface area is 229 Å². The lowest BCUT2D eigenvalue weighted by molar-refractivity contribution is 0.102. The number of hydrogen-bond donors (Lipinski definition) is 2. The van der Waals surface area contributed by atoms with E-state index in [4.69, 9.17) is 9.47 Å². The van der Waals surface area contributed by atoms with Gasteiger partial charge in [0.15, 0.2) is 11.6 Å². The van der Waals surface area contributed by atoms with E-state index >= 15 is 4.39 Å². The van der Waals surface area contributed by atoms with Crippen LogP contribution in [0.4, 0.5) is 10.1 Å². The number of pyridine rings is 1. The minimum atomic E-state index is -0.766. The van der Waals surface area contributed by atoms with Crippen molar-refractivity contribution >= 4 is 22.5 Å². The van der Waals surface area contributed by atoms with Gasteiger partial charge in [0.2, 0.25) is 0 Å². The second-order valence-corrected chi connectivity index (χ2v) is 9.24. The smallest absolute Gasteiger partial charge is 0.284 e. The summed E-state index contributed by atoms with van der Waals surface area (Å²) in [4.78, 5) is 30.9. The topological polar surface area (TPSA) is 108 Å². The number of aromatic nitrogens is 3. The van der Waals surface area contributed by atoms with Gasteiger partial charge in [0.25, 0.3) is 11.5 Å². The van der Waals surface area contributed by atoms with Crippen molar-refractivity contribution in [2.75, 3.05) is 12.4 Å². The zero-order valence-corrected chi connectivity index (χ0v) is 22.1. The molecule has 0 aliphatic carbocycles. The van der Waals surface area contributed by atoms with Gasteiger partial charge >= 0.3 is 0 Å². The summed E-state index contributed by atoms with van der Waals surface area (Å²) in [5.74, 6) is -0.415. The lowest BCUT2D eigenvalue weighted by Gasteiger charge is -2.15. The summed E-state index contributed by atoms with van der Waals surface area (Å²) in [6.07, 6.45) is 0.787. The number of rotatable bonds is 8. The number of anilines is 1. The molecule has 0 aliphatic rings. The summed E-state index contributed by atoms with van der Waals surface area (Å²) < 4.78 is 29.1. The summed E-state index contributed by atoms with van der Waals surface area (Å²) in [5.41, 5.74) is 1.03. The Morgan fingerprint density at radius 2 is 1.85 bits per heavy atom. The molecule has 5 rings (SSSR count). The van der Waals surface area contributed by atoms with Gasteiger partial charge in [-0.05, 0) is 56.3 Å². The molecule has 0 saturated heterocycles. The van der Waals surface area contributed by atoms with Crippen LogP contribution in [0, 0.1) is 12.7 Å². The molecule has 10 heteroatoms. The first-order valence-electron chi connectivity index (χ1n) is 12.5. The first kappa shape index (κ1) is 26.6. The minimum Gasteiger partial charge on any atom is -0.497 e. The molecule has 2 aromatic heterocycles. The molecule has 3 aromatic carbocycles. The van der Waals surface area contributed by atoms with Crippen LogP contribution in [0.3, 0.4) is 0 Å². The zero-order chi connectivity index (χ0) is 28.4. The Morgan fingerprint density at radius 1 is 1.07 bits per heavy atom. The van der Waals surface area contributed by atoms with E-state index in [0.29, 0.717) is 33.8 Å². The van der Waals surface area contributed by atoms with E-state index in [9.17, 15) is 14.7 Å². The molecule has 0 radical (unpaired) electrons. The molecule has 2 heterocycles. The van der Waals surface area contributed by atoms with E-state index < -0.39 is 23.4 Å². The molecule has 0 aliphatic heterocycles. The summed E-state index contributed by atoms with van der Waals surface area (Å²) in [6.45, 7) is 3.32. The van der Waals surface area contributed by atoms with Crippen LogP contribution in [0.1, 0.15) is 23.0 Å². The van der Waals surface area contributed by atoms with Crippen molar-refractivity contribution < 1.29 is 23.8 Å². The van der Waals surface area contributed by atoms with Crippen LogP contribution in [0.25, 0.3) is 16.6 Å². The van der Waals surface area contributed by atoms with Gasteiger partial charge in [-0.3, -0.25) is 19.3 Å². The summed E-state index contributed by atoms with van der Waals surface area (Å²) in [7, 11) is 1.56. The first-order valence-corrected chi connectivity index (χ1v) is 12.5. The molecule has 0 saturated carbocycles. The fourth-order valence-electron chi connectivity index (χ4n) is 4.50. The molecular weight excluding hydrogens is 515 g/mol. The summed E-state index contributed by atoms with van der Waals surface area (Å²) in [6, 6.07) is 19.7. The van der Waals surface area contributed by atoms with Gasteiger partial charge in [0.1, 0.15) is 17.1 Å². The number of methoxy groups -OCH3 is 1. The second-order valence-electron chi connectivity index (χ2n) is 9.24. The average molecular weight is 543 g/mol. The zero-order valence-electron chi connectivity index (χ0n) is 22.1. The van der Waals surface area contributed by atoms with E-state index in [1.165, 1.54) is 16.8 Å². The monoisotopic (exact) mass is 542 g/mol. The molecule has 0 spiro atoms. The second kappa shape index (κ2) is 11.0. The number of halogens is 1. The molecule has 1 atom stereocenters. The van der Waals surface area contributed by atoms with Crippen LogP contribution in [0.5, 0.6) is 17.2 Å². The van der Waals surface area contributed by atoms with Crippen LogP contribution in [0.2, 0.25) is 0 Å². The number of nitrogens with one attached hydrogen (secondary N) is 1. The number of aliphatic hydroxyl groups is 1. The molecular formula is C30H27FN4O5. The molecule has 0 unspecified atom stereocenters. The van der Waals surface area contributed by atoms with Crippen molar-refractivity contribution in [3.63, 3.8) is 0 Å². The van der Waals surface area contributed by atoms with E-state index in [1.807, 2.05) is 6.07 Å². The van der Waals surface area contributed by atoms with Gasteiger partial charge in [-0.25, -0.2) is 9.07 Å². The van der Waals surface area contributed by atoms with E-state index in [0.717, 1.165) is 6.07 Å². The van der Waals surface area contributed by atoms with Gasteiger partial charge in [-0.15, -0.1) is 0 Å². The Morgan fingerprint density at radius 3 is 2.55 bits per heavy atom. The van der Waals surface area contributed by atoms with Gasteiger partial charge in [-0.1, -0.05) is 18.2 Å². The van der Waals surface area contributed by atoms with Crippen molar-refractivity contribution in [1.82, 2.24) is 14.3 Å². The van der Waals surface area contributed by atoms with Crippen molar-refractivity contribution in [1.29, 1.82) is 0 Å². The van der Waals surface area contributed by atoms with E-state index in [1.54, 1.807) is 80.4 Å². The van der Waals surface area contributed by atoms with Crippen LogP contribution < -0.4 is 20.3 Å². The molecule has 204 valence electrons. The molecule has 40 heavy (non-hydrogen) atoms. The van der Waals surface area contributed by atoms with Crippen molar-refractivity contribution in [3.05, 3.63) is 106 Å². The number of ether oxygens (including phenoxy) is 2. The maximum Gasteiger partial charge on any atom is 0.284 e. The number of carbonyl (C=O) groups is 1. The average Bonchev–Trinajstić information content (AvgIpc) is 3.18. The Hall–Kier alpha value is -4.96. The van der Waals surface area contributed by atoms with Gasteiger partial charge in [0, 0.05) is 29.4 Å². The minimum absolute atomic E-state index is 0.0491. The van der Waals surface area contributed by atoms with Gasteiger partial charge in [-0.2, -0.15) is 0 Å². The SMILES string of the molecule is COc1ccc2c(Oc3ccc(NC(=O)c4c(C)n(C[C@H](C)O)n(-c5ccccc5)c4=O)cc3F)ccnc2c1. The van der Waals surface area contributed by atoms with Gasteiger partial charge in [0.05, 0.1) is 36.7 Å². The number of aliphatic hydroxyl groups excluding tert-OH is 1. The molecule has 5 aromatic rings. The highest BCUT2D eigenvalue weighted by Gasteiger charge is 2.24. The standard InChI is InChI=1S/C30H27FN4O5/c1-18(36)17-34-19(2)28(30(38)35(34)21-7-5-4-6-8-21)29(37)33-20-9-12-27(24(31)15-20)40-26-13-14-32-25-16-22(39-3)10-11-23(25)26/h4-16,18,36H,17H2,1-3H3,(H,33,37)/t18-/m0/s1. The van der Waals surface area contributed by atoms with Crippen molar-refractivity contribution in [2.45, 2.75) is 26.5 Å². The number of nitrogens with zero attached hydrogens (tertiary/aromatic N) is 3. The lowest BCUT2D eigenvalue weighted by Crippen LogP contribution is -2.27. The fourth-order valence-corrected chi connectivity index (χ4v) is 4.50. The number of hydrogen-bond acceptors (Lipinski definition) is 6. The molecule has 9 nitrogen and oxygen atoms in total. The van der Waals surface area contributed by atoms with Crippen LogP contribution >= 0.6 is 0 Å². The fraction of sp³-hybridized carbons (Fsp3) is 0.167. The number of carbonyl (C=O) groups excluding carboxylic acids is 1. The van der Waals surface area contributed by atoms with E-state index in [2.05, 4.69) is 10.3 Å².